The average molecular weight is 535 g/mol. The first-order valence-electron chi connectivity index (χ1n) is 13.2. The summed E-state index contributed by atoms with van der Waals surface area (Å²) in [5, 5.41) is 24.6. The Morgan fingerprint density at radius 1 is 1.19 bits per heavy atom. The van der Waals surface area contributed by atoms with E-state index in [1.807, 2.05) is 37.1 Å². The van der Waals surface area contributed by atoms with Crippen molar-refractivity contribution >= 4 is 35.1 Å². The minimum atomic E-state index is -1.26. The lowest BCUT2D eigenvalue weighted by molar-refractivity contribution is -0.154. The van der Waals surface area contributed by atoms with E-state index in [0.717, 1.165) is 35.5 Å². The van der Waals surface area contributed by atoms with Gasteiger partial charge >= 0.3 is 5.97 Å². The maximum Gasteiger partial charge on any atom is 0.309 e. The molecule has 0 aliphatic carbocycles. The average Bonchev–Trinajstić information content (AvgIpc) is 3.35. The van der Waals surface area contributed by atoms with Crippen molar-refractivity contribution in [3.63, 3.8) is 0 Å². The molecule has 3 rings (SSSR count). The lowest BCUT2D eigenvalue weighted by Crippen LogP contribution is -2.45. The van der Waals surface area contributed by atoms with Crippen molar-refractivity contribution in [3.8, 4) is 0 Å². The van der Waals surface area contributed by atoms with E-state index in [1.165, 1.54) is 11.3 Å². The lowest BCUT2D eigenvalue weighted by Gasteiger charge is -2.34. The van der Waals surface area contributed by atoms with Gasteiger partial charge in [-0.15, -0.1) is 11.3 Å². The van der Waals surface area contributed by atoms with Gasteiger partial charge in [-0.2, -0.15) is 0 Å². The molecule has 2 aliphatic heterocycles. The number of amides is 1. The molecule has 8 nitrogen and oxygen atoms in total. The fourth-order valence-electron chi connectivity index (χ4n) is 5.56. The van der Waals surface area contributed by atoms with Crippen molar-refractivity contribution in [1.82, 2.24) is 9.88 Å². The number of Topliss-reactive ketones (excluding diaryl/α,β-unsaturated/α-hetero) is 1. The van der Waals surface area contributed by atoms with Gasteiger partial charge in [-0.05, 0) is 44.3 Å². The van der Waals surface area contributed by atoms with Crippen LogP contribution >= 0.6 is 11.3 Å². The van der Waals surface area contributed by atoms with Crippen LogP contribution in [0.15, 0.2) is 11.0 Å². The molecule has 2 saturated heterocycles. The highest BCUT2D eigenvalue weighted by Gasteiger charge is 2.50. The Balaban J connectivity index is 1.90. The lowest BCUT2D eigenvalue weighted by atomic mass is 9.73. The van der Waals surface area contributed by atoms with Crippen LogP contribution in [0.4, 0.5) is 0 Å². The summed E-state index contributed by atoms with van der Waals surface area (Å²) in [6.45, 7) is 12.2. The fraction of sp³-hybridized carbons (Fsp3) is 0.714. The van der Waals surface area contributed by atoms with Gasteiger partial charge in [0.15, 0.2) is 0 Å². The third kappa shape index (κ3) is 6.86. The van der Waals surface area contributed by atoms with Crippen molar-refractivity contribution in [2.75, 3.05) is 0 Å². The predicted molar refractivity (Wildman–Crippen MR) is 143 cm³/mol. The number of hydrogen-bond donors (Lipinski definition) is 2. The monoisotopic (exact) mass is 534 g/mol. The number of ketones is 1. The number of aliphatic hydroxyl groups is 2. The second-order valence-electron chi connectivity index (χ2n) is 11.4. The molecule has 2 fully saturated rings. The SMILES string of the molecule is CC(=O)N1C2CCCC(C)C(O)C(C)C(=O)C(C)(C)C(O)CC(=O)OC(/C(C)=C/c3csc(C)n3)CC21. The van der Waals surface area contributed by atoms with Crippen LogP contribution in [0.2, 0.25) is 0 Å². The largest absolute Gasteiger partial charge is 0.458 e. The van der Waals surface area contributed by atoms with Crippen LogP contribution in [-0.2, 0) is 19.1 Å². The van der Waals surface area contributed by atoms with Gasteiger partial charge in [0.05, 0.1) is 46.8 Å². The van der Waals surface area contributed by atoms with Crippen LogP contribution in [0.25, 0.3) is 6.08 Å². The second-order valence-corrected chi connectivity index (χ2v) is 12.5. The number of esters is 1. The molecule has 206 valence electrons. The number of rotatable bonds is 2. The molecule has 1 aromatic heterocycles. The standard InChI is InChI=1S/C28H42N2O6S/c1-15-9-8-10-21-22(30(21)19(5)31)12-23(16(2)11-20-14-37-18(4)29-20)36-25(33)13-24(32)28(6,7)27(35)17(3)26(15)34/h11,14-15,17,21-24,26,32,34H,8-10,12-13H2,1-7H3/b16-11+. The summed E-state index contributed by atoms with van der Waals surface area (Å²) in [4.78, 5) is 44.9. The van der Waals surface area contributed by atoms with E-state index >= 15 is 0 Å². The molecule has 1 aromatic rings. The first kappa shape index (κ1) is 29.5. The number of hydrogen-bond acceptors (Lipinski definition) is 8. The van der Waals surface area contributed by atoms with E-state index < -0.39 is 35.6 Å². The normalized spacial score (nSPS) is 34.0. The summed E-state index contributed by atoms with van der Waals surface area (Å²) >= 11 is 1.53. The Morgan fingerprint density at radius 3 is 2.46 bits per heavy atom. The zero-order valence-corrected chi connectivity index (χ0v) is 23.9. The number of aromatic nitrogens is 1. The predicted octanol–water partition coefficient (Wildman–Crippen LogP) is 3.92. The molecule has 2 N–H and O–H groups in total. The van der Waals surface area contributed by atoms with Gasteiger partial charge in [-0.1, -0.05) is 34.1 Å². The van der Waals surface area contributed by atoms with Gasteiger partial charge in [-0.25, -0.2) is 4.98 Å². The highest BCUT2D eigenvalue weighted by Crippen LogP contribution is 2.39. The Bertz CT molecular complexity index is 1030. The van der Waals surface area contributed by atoms with Crippen LogP contribution in [0, 0.1) is 24.2 Å². The summed E-state index contributed by atoms with van der Waals surface area (Å²) in [5.41, 5.74) is 0.359. The molecular formula is C28H42N2O6S. The van der Waals surface area contributed by atoms with Crippen LogP contribution in [0.5, 0.6) is 0 Å². The molecule has 9 heteroatoms. The molecule has 0 saturated carbocycles. The van der Waals surface area contributed by atoms with Crippen molar-refractivity contribution in [2.24, 2.45) is 17.3 Å². The van der Waals surface area contributed by atoms with Crippen LogP contribution < -0.4 is 0 Å². The Morgan fingerprint density at radius 2 is 1.86 bits per heavy atom. The number of aliphatic hydroxyl groups excluding tert-OH is 2. The zero-order valence-electron chi connectivity index (χ0n) is 23.1. The number of ether oxygens (including phenoxy) is 1. The van der Waals surface area contributed by atoms with Gasteiger partial charge in [-0.3, -0.25) is 14.4 Å². The topological polar surface area (TPSA) is 117 Å². The smallest absolute Gasteiger partial charge is 0.309 e. The van der Waals surface area contributed by atoms with Crippen LogP contribution in [0.3, 0.4) is 0 Å². The van der Waals surface area contributed by atoms with Gasteiger partial charge in [0.2, 0.25) is 5.91 Å². The number of cyclic esters (lactones) is 1. The molecule has 0 aromatic carbocycles. The summed E-state index contributed by atoms with van der Waals surface area (Å²) in [6, 6.07) is -0.000307. The number of carbonyl (C=O) groups is 3. The van der Waals surface area contributed by atoms with Crippen molar-refractivity contribution in [2.45, 2.75) is 111 Å². The number of nitrogens with zero attached hydrogens (tertiary/aromatic N) is 2. The van der Waals surface area contributed by atoms with Gasteiger partial charge in [0.25, 0.3) is 0 Å². The number of fused-ring (bicyclic) bond motifs is 1. The first-order chi connectivity index (χ1) is 17.2. The summed E-state index contributed by atoms with van der Waals surface area (Å²) in [7, 11) is 0. The van der Waals surface area contributed by atoms with E-state index in [-0.39, 0.29) is 36.1 Å². The van der Waals surface area contributed by atoms with Crippen molar-refractivity contribution in [1.29, 1.82) is 0 Å². The Hall–Kier alpha value is -2.10. The summed E-state index contributed by atoms with van der Waals surface area (Å²) in [6.07, 6.45) is 1.58. The fourth-order valence-corrected chi connectivity index (χ4v) is 6.13. The number of aryl methyl sites for hydroxylation is 1. The maximum atomic E-state index is 13.3. The van der Waals surface area contributed by atoms with E-state index in [2.05, 4.69) is 4.98 Å². The van der Waals surface area contributed by atoms with Gasteiger partial charge in [0, 0.05) is 24.6 Å². The van der Waals surface area contributed by atoms with E-state index in [0.29, 0.717) is 6.42 Å². The van der Waals surface area contributed by atoms with E-state index in [9.17, 15) is 24.6 Å². The minimum Gasteiger partial charge on any atom is -0.458 e. The Labute approximate surface area is 224 Å². The van der Waals surface area contributed by atoms with E-state index in [1.54, 1.807) is 27.7 Å². The third-order valence-corrected chi connectivity index (χ3v) is 8.97. The molecule has 0 bridgehead atoms. The second kappa shape index (κ2) is 11.7. The first-order valence-corrected chi connectivity index (χ1v) is 14.1. The van der Waals surface area contributed by atoms with Crippen LogP contribution in [-0.4, -0.2) is 68.2 Å². The van der Waals surface area contributed by atoms with Crippen molar-refractivity contribution in [3.05, 3.63) is 21.7 Å². The molecule has 0 radical (unpaired) electrons. The minimum absolute atomic E-state index is 0.0146. The molecule has 3 heterocycles. The molecule has 7 atom stereocenters. The summed E-state index contributed by atoms with van der Waals surface area (Å²) in [5.74, 6) is -1.71. The third-order valence-electron chi connectivity index (χ3n) is 8.18. The zero-order chi connectivity index (χ0) is 27.7. The molecule has 1 amide bonds. The van der Waals surface area contributed by atoms with Crippen LogP contribution in [0.1, 0.15) is 84.3 Å². The Kier molecular flexibility index (Phi) is 9.35. The number of carbonyl (C=O) groups excluding carboxylic acids is 3. The maximum absolute atomic E-state index is 13.3. The summed E-state index contributed by atoms with van der Waals surface area (Å²) < 4.78 is 5.89. The molecule has 0 spiro atoms. The number of thiazole rings is 1. The van der Waals surface area contributed by atoms with Crippen molar-refractivity contribution < 1.29 is 29.3 Å². The van der Waals surface area contributed by atoms with Gasteiger partial charge in [0.1, 0.15) is 11.9 Å². The quantitative estimate of drug-likeness (QED) is 0.436. The highest BCUT2D eigenvalue weighted by molar-refractivity contribution is 7.09. The van der Waals surface area contributed by atoms with E-state index in [4.69, 9.17) is 4.74 Å². The van der Waals surface area contributed by atoms with Gasteiger partial charge < -0.3 is 19.8 Å². The molecular weight excluding hydrogens is 492 g/mol. The molecule has 2 aliphatic rings. The molecule has 7 unspecified atom stereocenters. The highest BCUT2D eigenvalue weighted by atomic mass is 32.1. The molecule has 37 heavy (non-hydrogen) atoms.